The lowest BCUT2D eigenvalue weighted by atomic mass is 9.72. The molecular weight excluding hydrogens is 620 g/mol. The molecule has 206 valence electrons. The molecule has 1 fully saturated rings. The molecule has 2 aromatic rings. The Balaban J connectivity index is 1.87. The summed E-state index contributed by atoms with van der Waals surface area (Å²) in [5.41, 5.74) is 0.680. The first-order valence-corrected chi connectivity index (χ1v) is 14.4. The van der Waals surface area contributed by atoms with Gasteiger partial charge in [-0.3, -0.25) is 9.59 Å². The van der Waals surface area contributed by atoms with Crippen LogP contribution in [0.2, 0.25) is 0 Å². The average molecular weight is 655 g/mol. The standard InChI is InChI=1S/C27H35BBr2FN3O4/c1-16(2)12-23(28-37-17(3)14-32-15-18(4)38-28)34-26(35)22(13-19-8-6-5-7-9-19)33-27(36)24-20(29)10-11-21(30)25(24)31/h5-11,16-18,22-23,32H,12-15H2,1-4H3,(H,33,36)(H,34,35)/t17?,18?,22-,23-/m0/s1. The number of benzene rings is 2. The molecule has 2 amide bonds. The third kappa shape index (κ3) is 8.88. The Bertz CT molecular complexity index is 1080. The molecule has 1 heterocycles. The number of carbonyl (C=O) groups excluding carboxylic acids is 2. The van der Waals surface area contributed by atoms with Gasteiger partial charge in [-0.15, -0.1) is 0 Å². The second-order valence-corrected chi connectivity index (χ2v) is 11.8. The van der Waals surface area contributed by atoms with Crippen LogP contribution in [0.15, 0.2) is 51.4 Å². The fraction of sp³-hybridized carbons (Fsp3) is 0.481. The first kappa shape index (κ1) is 30.8. The van der Waals surface area contributed by atoms with E-state index in [1.165, 1.54) is 6.07 Å². The highest BCUT2D eigenvalue weighted by Gasteiger charge is 2.38. The van der Waals surface area contributed by atoms with Crippen LogP contribution in [0.3, 0.4) is 0 Å². The van der Waals surface area contributed by atoms with Gasteiger partial charge in [0.05, 0.1) is 28.2 Å². The first-order valence-electron chi connectivity index (χ1n) is 12.9. The molecule has 4 atom stereocenters. The van der Waals surface area contributed by atoms with Crippen molar-refractivity contribution in [1.82, 2.24) is 16.0 Å². The maximum atomic E-state index is 14.9. The molecule has 0 saturated carbocycles. The van der Waals surface area contributed by atoms with Gasteiger partial charge in [-0.25, -0.2) is 4.39 Å². The lowest BCUT2D eigenvalue weighted by Crippen LogP contribution is -2.58. The molecule has 0 aromatic heterocycles. The van der Waals surface area contributed by atoms with Crippen LogP contribution in [-0.2, 0) is 20.5 Å². The molecule has 11 heteroatoms. The third-order valence-electron chi connectivity index (χ3n) is 6.15. The van der Waals surface area contributed by atoms with Crippen molar-refractivity contribution in [2.75, 3.05) is 13.1 Å². The Labute approximate surface area is 241 Å². The second-order valence-electron chi connectivity index (χ2n) is 10.1. The lowest BCUT2D eigenvalue weighted by molar-refractivity contribution is -0.123. The summed E-state index contributed by atoms with van der Waals surface area (Å²) in [6.07, 6.45) is 0.607. The van der Waals surface area contributed by atoms with Gasteiger partial charge in [0.1, 0.15) is 6.04 Å². The predicted octanol–water partition coefficient (Wildman–Crippen LogP) is 4.66. The fourth-order valence-electron chi connectivity index (χ4n) is 4.32. The van der Waals surface area contributed by atoms with E-state index in [-0.39, 0.29) is 34.6 Å². The van der Waals surface area contributed by atoms with Crippen molar-refractivity contribution in [1.29, 1.82) is 0 Å². The number of nitrogens with one attached hydrogen (secondary N) is 3. The highest BCUT2D eigenvalue weighted by atomic mass is 79.9. The van der Waals surface area contributed by atoms with E-state index in [0.29, 0.717) is 24.0 Å². The van der Waals surface area contributed by atoms with E-state index >= 15 is 0 Å². The predicted molar refractivity (Wildman–Crippen MR) is 154 cm³/mol. The quantitative estimate of drug-likeness (QED) is 0.271. The molecule has 0 aliphatic carbocycles. The van der Waals surface area contributed by atoms with Crippen LogP contribution in [0.1, 0.15) is 50.0 Å². The topological polar surface area (TPSA) is 88.7 Å². The zero-order valence-corrected chi connectivity index (χ0v) is 25.3. The van der Waals surface area contributed by atoms with Crippen molar-refractivity contribution in [3.05, 3.63) is 68.4 Å². The molecule has 0 radical (unpaired) electrons. The van der Waals surface area contributed by atoms with Crippen LogP contribution in [0.5, 0.6) is 0 Å². The van der Waals surface area contributed by atoms with Gasteiger partial charge in [0.25, 0.3) is 5.91 Å². The molecule has 1 aliphatic rings. The third-order valence-corrected chi connectivity index (χ3v) is 7.43. The largest absolute Gasteiger partial charge is 0.481 e. The lowest BCUT2D eigenvalue weighted by Gasteiger charge is -2.33. The summed E-state index contributed by atoms with van der Waals surface area (Å²) in [6.45, 7) is 9.38. The van der Waals surface area contributed by atoms with Crippen LogP contribution in [0, 0.1) is 11.7 Å². The minimum atomic E-state index is -0.963. The van der Waals surface area contributed by atoms with E-state index in [4.69, 9.17) is 9.31 Å². The van der Waals surface area contributed by atoms with Gasteiger partial charge < -0.3 is 25.3 Å². The number of rotatable bonds is 9. The minimum absolute atomic E-state index is 0.115. The molecular formula is C27H35BBr2FN3O4. The molecule has 1 aliphatic heterocycles. The number of hydrogen-bond acceptors (Lipinski definition) is 5. The number of amides is 2. The molecule has 0 bridgehead atoms. The highest BCUT2D eigenvalue weighted by Crippen LogP contribution is 2.26. The van der Waals surface area contributed by atoms with E-state index < -0.39 is 36.7 Å². The minimum Gasteiger partial charge on any atom is -0.406 e. The van der Waals surface area contributed by atoms with Crippen LogP contribution < -0.4 is 16.0 Å². The van der Waals surface area contributed by atoms with Gasteiger partial charge in [-0.1, -0.05) is 44.2 Å². The maximum absolute atomic E-state index is 14.9. The van der Waals surface area contributed by atoms with E-state index in [1.807, 2.05) is 44.2 Å². The normalized spacial score (nSPS) is 19.8. The fourth-order valence-corrected chi connectivity index (χ4v) is 5.14. The number of carbonyl (C=O) groups is 2. The van der Waals surface area contributed by atoms with Gasteiger partial charge in [-0.05, 0) is 75.7 Å². The van der Waals surface area contributed by atoms with Crippen LogP contribution in [-0.4, -0.2) is 56.2 Å². The monoisotopic (exact) mass is 653 g/mol. The van der Waals surface area contributed by atoms with E-state index in [2.05, 4.69) is 61.7 Å². The first-order chi connectivity index (χ1) is 18.0. The Morgan fingerprint density at radius 2 is 1.63 bits per heavy atom. The zero-order chi connectivity index (χ0) is 27.8. The van der Waals surface area contributed by atoms with Gasteiger partial charge in [0.2, 0.25) is 5.91 Å². The molecule has 3 N–H and O–H groups in total. The summed E-state index contributed by atoms with van der Waals surface area (Å²) in [6, 6.07) is 11.5. The SMILES string of the molecule is CC(C)C[C@H](NC(=O)[C@H](Cc1ccccc1)NC(=O)c1c(Br)ccc(Br)c1F)B1OC(C)CNCC(C)O1. The van der Waals surface area contributed by atoms with E-state index in [9.17, 15) is 14.0 Å². The summed E-state index contributed by atoms with van der Waals surface area (Å²) in [5.74, 6) is -2.00. The second kappa shape index (κ2) is 14.6. The summed E-state index contributed by atoms with van der Waals surface area (Å²) in [4.78, 5) is 27.0. The Morgan fingerprint density at radius 3 is 2.24 bits per heavy atom. The Kier molecular flexibility index (Phi) is 11.8. The van der Waals surface area contributed by atoms with Crippen LogP contribution in [0.25, 0.3) is 0 Å². The molecule has 0 spiro atoms. The summed E-state index contributed by atoms with van der Waals surface area (Å²) < 4.78 is 27.6. The molecule has 2 unspecified atom stereocenters. The number of halogens is 3. The van der Waals surface area contributed by atoms with Gasteiger partial charge in [0, 0.05) is 24.0 Å². The van der Waals surface area contributed by atoms with E-state index in [0.717, 1.165) is 5.56 Å². The smallest absolute Gasteiger partial charge is 0.406 e. The van der Waals surface area contributed by atoms with Crippen molar-refractivity contribution in [3.63, 3.8) is 0 Å². The van der Waals surface area contributed by atoms with Gasteiger partial charge in [0.15, 0.2) is 5.82 Å². The van der Waals surface area contributed by atoms with E-state index in [1.54, 1.807) is 6.07 Å². The van der Waals surface area contributed by atoms with Crippen molar-refractivity contribution >= 4 is 50.8 Å². The zero-order valence-electron chi connectivity index (χ0n) is 22.1. The molecule has 38 heavy (non-hydrogen) atoms. The average Bonchev–Trinajstić information content (AvgIpc) is 2.84. The van der Waals surface area contributed by atoms with Crippen LogP contribution >= 0.6 is 31.9 Å². The van der Waals surface area contributed by atoms with Crippen LogP contribution in [0.4, 0.5) is 4.39 Å². The van der Waals surface area contributed by atoms with Crippen molar-refractivity contribution in [3.8, 4) is 0 Å². The molecule has 3 rings (SSSR count). The molecule has 1 saturated heterocycles. The highest BCUT2D eigenvalue weighted by molar-refractivity contribution is 9.11. The van der Waals surface area contributed by atoms with Gasteiger partial charge >= 0.3 is 7.12 Å². The maximum Gasteiger partial charge on any atom is 0.481 e. The molecule has 2 aromatic carbocycles. The molecule has 7 nitrogen and oxygen atoms in total. The van der Waals surface area contributed by atoms with Gasteiger partial charge in [-0.2, -0.15) is 0 Å². The summed E-state index contributed by atoms with van der Waals surface area (Å²) in [5, 5.41) is 9.15. The van der Waals surface area contributed by atoms with Crippen molar-refractivity contribution in [2.45, 2.75) is 64.7 Å². The summed E-state index contributed by atoms with van der Waals surface area (Å²) >= 11 is 6.39. The van der Waals surface area contributed by atoms with Crippen molar-refractivity contribution in [2.24, 2.45) is 5.92 Å². The number of hydrogen-bond donors (Lipinski definition) is 3. The Morgan fingerprint density at radius 1 is 1.03 bits per heavy atom. The summed E-state index contributed by atoms with van der Waals surface area (Å²) in [7, 11) is -0.654. The Hall–Kier alpha value is -1.79. The van der Waals surface area contributed by atoms with Crippen molar-refractivity contribution < 1.29 is 23.3 Å².